The van der Waals surface area contributed by atoms with E-state index >= 15 is 0 Å². The molecule has 7 rings (SSSR count). The van der Waals surface area contributed by atoms with Crippen LogP contribution in [0.25, 0.3) is 10.9 Å². The Balaban J connectivity index is 0.985. The number of piperidine rings is 3. The van der Waals surface area contributed by atoms with E-state index in [2.05, 4.69) is 15.5 Å². The number of aromatic nitrogens is 2. The summed E-state index contributed by atoms with van der Waals surface area (Å²) >= 11 is 0. The van der Waals surface area contributed by atoms with Crippen LogP contribution in [0.5, 0.6) is 0 Å². The minimum atomic E-state index is -3.17. The van der Waals surface area contributed by atoms with E-state index in [1.807, 2.05) is 53.1 Å². The lowest BCUT2D eigenvalue weighted by molar-refractivity contribution is -0.142. The molecule has 51 heavy (non-hydrogen) atoms. The van der Waals surface area contributed by atoms with E-state index < -0.39 is 22.2 Å². The highest BCUT2D eigenvalue weighted by Gasteiger charge is 2.37. The zero-order valence-corrected chi connectivity index (χ0v) is 30.4. The molecule has 13 nitrogen and oxygen atoms in total. The minimum Gasteiger partial charge on any atom is -0.436 e. The molecule has 274 valence electrons. The number of nitrogens with one attached hydrogen (secondary N) is 2. The van der Waals surface area contributed by atoms with E-state index in [-0.39, 0.29) is 24.4 Å². The van der Waals surface area contributed by atoms with Gasteiger partial charge in [-0.3, -0.25) is 9.89 Å². The quantitative estimate of drug-likeness (QED) is 0.368. The highest BCUT2D eigenvalue weighted by Crippen LogP contribution is 2.34. The lowest BCUT2D eigenvalue weighted by Crippen LogP contribution is -2.52. The number of hydrogen-bond acceptors (Lipinski definition) is 7. The Bertz CT molecular complexity index is 1860. The van der Waals surface area contributed by atoms with Crippen LogP contribution in [-0.2, 0) is 32.4 Å². The first-order chi connectivity index (χ1) is 24.5. The van der Waals surface area contributed by atoms with Gasteiger partial charge >= 0.3 is 12.1 Å². The van der Waals surface area contributed by atoms with Gasteiger partial charge in [-0.15, -0.1) is 0 Å². The molecule has 0 spiro atoms. The van der Waals surface area contributed by atoms with E-state index in [9.17, 15) is 22.8 Å². The second-order valence-electron chi connectivity index (χ2n) is 14.7. The van der Waals surface area contributed by atoms with Crippen LogP contribution in [0, 0.1) is 18.8 Å². The third kappa shape index (κ3) is 7.86. The number of fused-ring (bicyclic) bond motifs is 2. The Kier molecular flexibility index (Phi) is 10.2. The maximum Gasteiger partial charge on any atom is 0.410 e. The summed E-state index contributed by atoms with van der Waals surface area (Å²) in [5, 5.41) is 11.2. The fourth-order valence-electron chi connectivity index (χ4n) is 8.59. The van der Waals surface area contributed by atoms with Crippen molar-refractivity contribution in [2.24, 2.45) is 11.8 Å². The lowest BCUT2D eigenvalue weighted by atomic mass is 9.79. The van der Waals surface area contributed by atoms with Gasteiger partial charge in [0.05, 0.1) is 18.0 Å². The molecule has 2 aromatic carbocycles. The molecule has 3 fully saturated rings. The van der Waals surface area contributed by atoms with Gasteiger partial charge in [0.1, 0.15) is 0 Å². The van der Waals surface area contributed by atoms with E-state index in [1.54, 1.807) is 15.4 Å². The summed E-state index contributed by atoms with van der Waals surface area (Å²) in [6, 6.07) is 11.8. The molecular formula is C37H49N7O6S. The molecular weight excluding hydrogens is 671 g/mol. The number of anilines is 1. The predicted octanol–water partition coefficient (Wildman–Crippen LogP) is 4.38. The molecule has 0 unspecified atom stereocenters. The molecule has 2 N–H and O–H groups in total. The molecule has 0 radical (unpaired) electrons. The van der Waals surface area contributed by atoms with Gasteiger partial charge in [-0.1, -0.05) is 24.3 Å². The molecule has 0 bridgehead atoms. The van der Waals surface area contributed by atoms with Crippen LogP contribution in [-0.4, -0.2) is 120 Å². The van der Waals surface area contributed by atoms with Gasteiger partial charge < -0.3 is 24.8 Å². The number of rotatable bonds is 7. The maximum absolute atomic E-state index is 14.2. The first-order valence-electron chi connectivity index (χ1n) is 18.3. The van der Waals surface area contributed by atoms with Crippen LogP contribution in [0.1, 0.15) is 55.2 Å². The topological polar surface area (TPSA) is 148 Å². The summed E-state index contributed by atoms with van der Waals surface area (Å²) in [5.41, 5.74) is 4.80. The summed E-state index contributed by atoms with van der Waals surface area (Å²) in [5.74, 6) is 0.691. The smallest absolute Gasteiger partial charge is 0.410 e. The standard InChI is InChI=1S/C37H49N7O6S/c1-25-21-26(22-30-24-38-40-34(25)30)23-33(35(45)41-14-7-27(8-15-41)28-9-18-43(19-10-28)51(2,48)49)50-37(47)42-16-12-31(13-17-42)44-20-11-29-5-3-4-6-32(29)39-36(44)46/h3-6,21-22,24,27-28,31,33H,7-20,23H2,1-2H3,(H,38,40)(H,39,46)/t33-/m1/s1. The summed E-state index contributed by atoms with van der Waals surface area (Å²) < 4.78 is 31.7. The molecule has 3 saturated heterocycles. The average molecular weight is 720 g/mol. The van der Waals surface area contributed by atoms with Crippen molar-refractivity contribution in [2.45, 2.75) is 70.4 Å². The maximum atomic E-state index is 14.2. The Labute approximate surface area is 299 Å². The van der Waals surface area contributed by atoms with Crippen LogP contribution in [0.4, 0.5) is 15.3 Å². The molecule has 4 aliphatic rings. The zero-order valence-electron chi connectivity index (χ0n) is 29.6. The second kappa shape index (κ2) is 14.8. The van der Waals surface area contributed by atoms with Crippen LogP contribution in [0.3, 0.4) is 0 Å². The lowest BCUT2D eigenvalue weighted by Gasteiger charge is -2.40. The summed E-state index contributed by atoms with van der Waals surface area (Å²) in [7, 11) is -3.17. The zero-order chi connectivity index (χ0) is 35.7. The average Bonchev–Trinajstić information content (AvgIpc) is 3.54. The number of aryl methyl sites for hydroxylation is 1. The van der Waals surface area contributed by atoms with Crippen molar-refractivity contribution in [1.29, 1.82) is 0 Å². The van der Waals surface area contributed by atoms with Crippen LogP contribution in [0.2, 0.25) is 0 Å². The van der Waals surface area contributed by atoms with Crippen molar-refractivity contribution >= 4 is 44.6 Å². The number of amides is 4. The van der Waals surface area contributed by atoms with E-state index in [4.69, 9.17) is 4.74 Å². The second-order valence-corrected chi connectivity index (χ2v) is 16.7. The Hall–Kier alpha value is -4.17. The fourth-order valence-corrected chi connectivity index (χ4v) is 9.47. The number of likely N-dealkylation sites (tertiary alicyclic amines) is 2. The first-order valence-corrected chi connectivity index (χ1v) is 20.2. The summed E-state index contributed by atoms with van der Waals surface area (Å²) in [6.45, 7) is 5.75. The number of benzene rings is 2. The molecule has 4 aliphatic heterocycles. The van der Waals surface area contributed by atoms with Gasteiger partial charge in [0, 0.05) is 69.3 Å². The van der Waals surface area contributed by atoms with E-state index in [0.29, 0.717) is 70.5 Å². The Morgan fingerprint density at radius 1 is 0.922 bits per heavy atom. The number of ether oxygens (including phenoxy) is 1. The highest BCUT2D eigenvalue weighted by atomic mass is 32.2. The third-order valence-electron chi connectivity index (χ3n) is 11.5. The molecule has 0 saturated carbocycles. The summed E-state index contributed by atoms with van der Waals surface area (Å²) in [4.78, 5) is 46.4. The monoisotopic (exact) mass is 719 g/mol. The molecule has 0 aliphatic carbocycles. The number of carbonyl (C=O) groups is 3. The minimum absolute atomic E-state index is 0.00496. The SMILES string of the molecule is Cc1cc(C[C@@H](OC(=O)N2CCC(N3CCc4ccccc4NC3=O)CC2)C(=O)N2CCC(C3CCN(S(C)(=O)=O)CC3)CC2)cc2cn[nH]c12. The van der Waals surface area contributed by atoms with Gasteiger partial charge in [-0.25, -0.2) is 22.3 Å². The normalized spacial score (nSPS) is 20.9. The molecule has 1 aromatic heterocycles. The number of aromatic amines is 1. The number of carbonyl (C=O) groups excluding carboxylic acids is 3. The highest BCUT2D eigenvalue weighted by molar-refractivity contribution is 7.88. The first kappa shape index (κ1) is 35.2. The predicted molar refractivity (Wildman–Crippen MR) is 194 cm³/mol. The molecule has 4 amide bonds. The number of H-pyrrole nitrogens is 1. The molecule has 5 heterocycles. The Morgan fingerprint density at radius 3 is 2.29 bits per heavy atom. The van der Waals surface area contributed by atoms with Crippen molar-refractivity contribution in [3.63, 3.8) is 0 Å². The molecule has 1 atom stereocenters. The number of urea groups is 1. The van der Waals surface area contributed by atoms with Crippen LogP contribution < -0.4 is 5.32 Å². The summed E-state index contributed by atoms with van der Waals surface area (Å²) in [6.07, 6.45) is 7.19. The van der Waals surface area contributed by atoms with Crippen molar-refractivity contribution < 1.29 is 27.5 Å². The number of sulfonamides is 1. The van der Waals surface area contributed by atoms with Crippen LogP contribution in [0.15, 0.2) is 42.6 Å². The van der Waals surface area contributed by atoms with Gasteiger partial charge in [0.2, 0.25) is 10.0 Å². The fraction of sp³-hybridized carbons (Fsp3) is 0.568. The number of nitrogens with zero attached hydrogens (tertiary/aromatic N) is 5. The Morgan fingerprint density at radius 2 is 1.59 bits per heavy atom. The van der Waals surface area contributed by atoms with Gasteiger partial charge in [0.25, 0.3) is 5.91 Å². The molecule has 14 heteroatoms. The molecule has 3 aromatic rings. The van der Waals surface area contributed by atoms with Crippen molar-refractivity contribution in [2.75, 3.05) is 57.4 Å². The largest absolute Gasteiger partial charge is 0.436 e. The van der Waals surface area contributed by atoms with Gasteiger partial charge in [-0.2, -0.15) is 5.10 Å². The van der Waals surface area contributed by atoms with Crippen molar-refractivity contribution in [3.8, 4) is 0 Å². The van der Waals surface area contributed by atoms with Gasteiger partial charge in [0.15, 0.2) is 6.10 Å². The van der Waals surface area contributed by atoms with E-state index in [1.165, 1.54) is 6.26 Å². The van der Waals surface area contributed by atoms with Gasteiger partial charge in [-0.05, 0) is 92.5 Å². The number of hydrogen-bond donors (Lipinski definition) is 2. The van der Waals surface area contributed by atoms with Crippen LogP contribution >= 0.6 is 0 Å². The number of para-hydroxylation sites is 1. The van der Waals surface area contributed by atoms with Crippen molar-refractivity contribution in [1.82, 2.24) is 29.2 Å². The third-order valence-corrected chi connectivity index (χ3v) is 12.8. The van der Waals surface area contributed by atoms with E-state index in [0.717, 1.165) is 65.4 Å². The van der Waals surface area contributed by atoms with Crippen molar-refractivity contribution in [3.05, 3.63) is 59.3 Å².